The highest BCUT2D eigenvalue weighted by Crippen LogP contribution is 2.38. The second kappa shape index (κ2) is 3.95. The van der Waals surface area contributed by atoms with Crippen LogP contribution in [0.5, 0.6) is 0 Å². The first-order valence-corrected chi connectivity index (χ1v) is 6.39. The number of carbonyl (C=O) groups excluding carboxylic acids is 1. The number of aryl methyl sites for hydroxylation is 1. The number of rotatable bonds is 2. The van der Waals surface area contributed by atoms with Crippen molar-refractivity contribution < 1.29 is 4.79 Å². The minimum Gasteiger partial charge on any atom is -0.331 e. The van der Waals surface area contributed by atoms with E-state index in [9.17, 15) is 4.79 Å². The second-order valence-electron chi connectivity index (χ2n) is 5.47. The van der Waals surface area contributed by atoms with E-state index in [4.69, 9.17) is 0 Å². The first-order chi connectivity index (χ1) is 8.16. The van der Waals surface area contributed by atoms with Crippen LogP contribution in [0.15, 0.2) is 12.5 Å². The van der Waals surface area contributed by atoms with Gasteiger partial charge in [0.1, 0.15) is 5.69 Å². The van der Waals surface area contributed by atoms with Crippen molar-refractivity contribution in [2.24, 2.45) is 13.0 Å². The monoisotopic (exact) mass is 233 g/mol. The van der Waals surface area contributed by atoms with Crippen LogP contribution in [-0.4, -0.2) is 39.4 Å². The number of ketones is 1. The Kier molecular flexibility index (Phi) is 2.54. The zero-order chi connectivity index (χ0) is 12.0. The van der Waals surface area contributed by atoms with Gasteiger partial charge in [-0.05, 0) is 32.7 Å². The maximum absolute atomic E-state index is 12.4. The molecule has 3 heterocycles. The molecule has 1 aromatic heterocycles. The minimum absolute atomic E-state index is 0.207. The van der Waals surface area contributed by atoms with Gasteiger partial charge in [0.05, 0.1) is 12.5 Å². The molecule has 2 fully saturated rings. The molecule has 4 heteroatoms. The fourth-order valence-electron chi connectivity index (χ4n) is 3.43. The summed E-state index contributed by atoms with van der Waals surface area (Å²) >= 11 is 0. The summed E-state index contributed by atoms with van der Waals surface area (Å²) in [7, 11) is 4.09. The number of piperidine rings is 1. The number of aromatic nitrogens is 2. The predicted molar refractivity (Wildman–Crippen MR) is 64.8 cm³/mol. The lowest BCUT2D eigenvalue weighted by Gasteiger charge is -2.35. The molecule has 0 saturated carbocycles. The minimum atomic E-state index is 0.207. The van der Waals surface area contributed by atoms with Gasteiger partial charge >= 0.3 is 0 Å². The van der Waals surface area contributed by atoms with Crippen LogP contribution in [0.25, 0.3) is 0 Å². The van der Waals surface area contributed by atoms with Crippen LogP contribution in [0, 0.1) is 5.92 Å². The Labute approximate surface area is 102 Å². The molecule has 0 spiro atoms. The number of imidazole rings is 1. The van der Waals surface area contributed by atoms with E-state index in [1.807, 2.05) is 11.6 Å². The van der Waals surface area contributed by atoms with Gasteiger partial charge in [-0.15, -0.1) is 0 Å². The van der Waals surface area contributed by atoms with E-state index in [2.05, 4.69) is 16.9 Å². The van der Waals surface area contributed by atoms with Crippen molar-refractivity contribution in [3.63, 3.8) is 0 Å². The second-order valence-corrected chi connectivity index (χ2v) is 5.47. The molecule has 2 aliphatic heterocycles. The molecule has 2 atom stereocenters. The van der Waals surface area contributed by atoms with Gasteiger partial charge in [-0.2, -0.15) is 0 Å². The molecule has 4 nitrogen and oxygen atoms in total. The van der Waals surface area contributed by atoms with E-state index in [-0.39, 0.29) is 11.7 Å². The summed E-state index contributed by atoms with van der Waals surface area (Å²) in [5, 5.41) is 0. The van der Waals surface area contributed by atoms with Crippen molar-refractivity contribution >= 4 is 5.78 Å². The van der Waals surface area contributed by atoms with Gasteiger partial charge in [0.25, 0.3) is 0 Å². The van der Waals surface area contributed by atoms with Crippen molar-refractivity contribution in [2.75, 3.05) is 7.05 Å². The maximum Gasteiger partial charge on any atom is 0.184 e. The highest BCUT2D eigenvalue weighted by molar-refractivity contribution is 5.96. The molecule has 1 aromatic rings. The zero-order valence-corrected chi connectivity index (χ0v) is 10.5. The topological polar surface area (TPSA) is 38.1 Å². The Morgan fingerprint density at radius 2 is 1.94 bits per heavy atom. The van der Waals surface area contributed by atoms with E-state index in [0.717, 1.165) is 18.5 Å². The van der Waals surface area contributed by atoms with Crippen LogP contribution >= 0.6 is 0 Å². The lowest BCUT2D eigenvalue weighted by Crippen LogP contribution is -2.42. The third-order valence-electron chi connectivity index (χ3n) is 4.54. The van der Waals surface area contributed by atoms with Gasteiger partial charge in [-0.3, -0.25) is 4.79 Å². The summed E-state index contributed by atoms with van der Waals surface area (Å²) in [5.74, 6) is 0.495. The summed E-state index contributed by atoms with van der Waals surface area (Å²) in [6.45, 7) is 0. The van der Waals surface area contributed by atoms with Crippen molar-refractivity contribution in [1.29, 1.82) is 0 Å². The van der Waals surface area contributed by atoms with Crippen LogP contribution in [0.3, 0.4) is 0 Å². The molecule has 2 aliphatic rings. The average Bonchev–Trinajstić information content (AvgIpc) is 2.79. The smallest absolute Gasteiger partial charge is 0.184 e. The summed E-state index contributed by atoms with van der Waals surface area (Å²) in [4.78, 5) is 18.9. The third kappa shape index (κ3) is 1.71. The molecule has 2 unspecified atom stereocenters. The van der Waals surface area contributed by atoms with Gasteiger partial charge < -0.3 is 9.47 Å². The highest BCUT2D eigenvalue weighted by atomic mass is 16.1. The first kappa shape index (κ1) is 11.0. The van der Waals surface area contributed by atoms with E-state index in [1.165, 1.54) is 12.8 Å². The number of fused-ring (bicyclic) bond motifs is 2. The molecule has 17 heavy (non-hydrogen) atoms. The summed E-state index contributed by atoms with van der Waals surface area (Å²) in [6, 6.07) is 1.24. The van der Waals surface area contributed by atoms with Crippen molar-refractivity contribution in [2.45, 2.75) is 37.8 Å². The summed E-state index contributed by atoms with van der Waals surface area (Å²) in [5.41, 5.74) is 0.763. The van der Waals surface area contributed by atoms with E-state index >= 15 is 0 Å². The lowest BCUT2D eigenvalue weighted by atomic mass is 9.86. The molecule has 2 bridgehead atoms. The Hall–Kier alpha value is -1.16. The number of carbonyl (C=O) groups is 1. The van der Waals surface area contributed by atoms with Gasteiger partial charge in [0.2, 0.25) is 0 Å². The quantitative estimate of drug-likeness (QED) is 0.726. The molecule has 0 N–H and O–H groups in total. The SMILES string of the molecule is CN1C2CCC1CC(C(=O)c1cncn1C)C2. The highest BCUT2D eigenvalue weighted by Gasteiger charge is 2.41. The van der Waals surface area contributed by atoms with Crippen LogP contribution in [0.1, 0.15) is 36.2 Å². The molecule has 92 valence electrons. The largest absolute Gasteiger partial charge is 0.331 e. The standard InChI is InChI=1S/C13H19N3O/c1-15-8-14-7-12(15)13(17)9-5-10-3-4-11(6-9)16(10)2/h7-11H,3-6H2,1-2H3. The number of Topliss-reactive ketones (excluding diaryl/α,β-unsaturated/α-hetero) is 1. The van der Waals surface area contributed by atoms with Crippen molar-refractivity contribution in [3.8, 4) is 0 Å². The summed E-state index contributed by atoms with van der Waals surface area (Å²) < 4.78 is 1.84. The molecular formula is C13H19N3O. The average molecular weight is 233 g/mol. The Balaban J connectivity index is 1.79. The number of hydrogen-bond donors (Lipinski definition) is 0. The van der Waals surface area contributed by atoms with Gasteiger partial charge in [-0.1, -0.05) is 0 Å². The fraction of sp³-hybridized carbons (Fsp3) is 0.692. The van der Waals surface area contributed by atoms with Crippen LogP contribution in [0.4, 0.5) is 0 Å². The number of hydrogen-bond acceptors (Lipinski definition) is 3. The normalized spacial score (nSPS) is 32.9. The van der Waals surface area contributed by atoms with Gasteiger partial charge in [0, 0.05) is 25.0 Å². The number of nitrogens with zero attached hydrogens (tertiary/aromatic N) is 3. The molecule has 3 rings (SSSR count). The fourth-order valence-corrected chi connectivity index (χ4v) is 3.43. The van der Waals surface area contributed by atoms with Crippen LogP contribution < -0.4 is 0 Å². The molecular weight excluding hydrogens is 214 g/mol. The first-order valence-electron chi connectivity index (χ1n) is 6.39. The molecule has 0 aromatic carbocycles. The zero-order valence-electron chi connectivity index (χ0n) is 10.5. The molecule has 0 aliphatic carbocycles. The van der Waals surface area contributed by atoms with Gasteiger partial charge in [-0.25, -0.2) is 4.98 Å². The lowest BCUT2D eigenvalue weighted by molar-refractivity contribution is 0.0759. The molecule has 0 radical (unpaired) electrons. The van der Waals surface area contributed by atoms with Crippen molar-refractivity contribution in [1.82, 2.24) is 14.5 Å². The third-order valence-corrected chi connectivity index (χ3v) is 4.54. The van der Waals surface area contributed by atoms with Crippen LogP contribution in [-0.2, 0) is 7.05 Å². The van der Waals surface area contributed by atoms with Crippen molar-refractivity contribution in [3.05, 3.63) is 18.2 Å². The van der Waals surface area contributed by atoms with E-state index in [1.54, 1.807) is 12.5 Å². The molecule has 2 saturated heterocycles. The Bertz CT molecular complexity index is 426. The van der Waals surface area contributed by atoms with Crippen LogP contribution in [0.2, 0.25) is 0 Å². The Morgan fingerprint density at radius 1 is 1.29 bits per heavy atom. The maximum atomic E-state index is 12.4. The predicted octanol–water partition coefficient (Wildman–Crippen LogP) is 1.48. The molecule has 0 amide bonds. The van der Waals surface area contributed by atoms with Gasteiger partial charge in [0.15, 0.2) is 5.78 Å². The van der Waals surface area contributed by atoms with E-state index in [0.29, 0.717) is 12.1 Å². The Morgan fingerprint density at radius 3 is 2.47 bits per heavy atom. The summed E-state index contributed by atoms with van der Waals surface area (Å²) in [6.07, 6.45) is 7.97. The van der Waals surface area contributed by atoms with E-state index < -0.39 is 0 Å².